The molecule has 1 fully saturated rings. The van der Waals surface area contributed by atoms with E-state index in [4.69, 9.17) is 10.5 Å². The Balaban J connectivity index is 2.31. The number of rotatable bonds is 6. The smallest absolute Gasteiger partial charge is 0.407 e. The van der Waals surface area contributed by atoms with E-state index in [2.05, 4.69) is 17.6 Å². The Morgan fingerprint density at radius 1 is 1.44 bits per heavy atom. The third kappa shape index (κ3) is 6.21. The van der Waals surface area contributed by atoms with Gasteiger partial charge in [0.05, 0.1) is 0 Å². The van der Waals surface area contributed by atoms with Gasteiger partial charge in [0.2, 0.25) is 0 Å². The summed E-state index contributed by atoms with van der Waals surface area (Å²) in [6.45, 7) is 8.85. The number of hydrogen-bond acceptors (Lipinski definition) is 4. The maximum Gasteiger partial charge on any atom is 0.407 e. The van der Waals surface area contributed by atoms with Gasteiger partial charge in [0.1, 0.15) is 5.60 Å². The van der Waals surface area contributed by atoms with E-state index in [0.29, 0.717) is 25.0 Å². The van der Waals surface area contributed by atoms with Crippen molar-refractivity contribution in [1.29, 1.82) is 0 Å². The molecule has 2 unspecified atom stereocenters. The summed E-state index contributed by atoms with van der Waals surface area (Å²) >= 11 is 0. The molecule has 2 atom stereocenters. The zero-order valence-electron chi connectivity index (χ0n) is 12.0. The lowest BCUT2D eigenvalue weighted by Crippen LogP contribution is -2.48. The third-order valence-electron chi connectivity index (χ3n) is 2.91. The van der Waals surface area contributed by atoms with Crippen LogP contribution in [0.1, 0.15) is 40.5 Å². The fourth-order valence-corrected chi connectivity index (χ4v) is 1.80. The Labute approximate surface area is 110 Å². The molecule has 106 valence electrons. The standard InChI is InChI=1S/C13H27N3O2/c1-9(7-14)16-11(10-5-6-10)8-15-12(17)18-13(2,3)4/h9-11,16H,5-8,14H2,1-4H3,(H,15,17). The Morgan fingerprint density at radius 3 is 2.50 bits per heavy atom. The largest absolute Gasteiger partial charge is 0.444 e. The van der Waals surface area contributed by atoms with Crippen molar-refractivity contribution in [2.45, 2.75) is 58.2 Å². The minimum Gasteiger partial charge on any atom is -0.444 e. The van der Waals surface area contributed by atoms with Gasteiger partial charge in [-0.05, 0) is 46.5 Å². The second-order valence-corrected chi connectivity index (χ2v) is 6.13. The molecule has 4 N–H and O–H groups in total. The molecule has 0 radical (unpaired) electrons. The highest BCUT2D eigenvalue weighted by Gasteiger charge is 2.32. The van der Waals surface area contributed by atoms with Crippen LogP contribution in [-0.4, -0.2) is 36.9 Å². The van der Waals surface area contributed by atoms with Gasteiger partial charge in [-0.25, -0.2) is 4.79 Å². The zero-order chi connectivity index (χ0) is 13.8. The molecule has 5 nitrogen and oxygen atoms in total. The number of alkyl carbamates (subject to hydrolysis) is 1. The van der Waals surface area contributed by atoms with Gasteiger partial charge in [-0.1, -0.05) is 0 Å². The molecule has 1 amide bonds. The van der Waals surface area contributed by atoms with Crippen LogP contribution in [-0.2, 0) is 4.74 Å². The minimum atomic E-state index is -0.447. The number of hydrogen-bond donors (Lipinski definition) is 3. The lowest BCUT2D eigenvalue weighted by atomic mass is 10.1. The topological polar surface area (TPSA) is 76.4 Å². The average molecular weight is 257 g/mol. The summed E-state index contributed by atoms with van der Waals surface area (Å²) in [5.41, 5.74) is 5.16. The number of ether oxygens (including phenoxy) is 1. The summed E-state index contributed by atoms with van der Waals surface area (Å²) < 4.78 is 5.22. The van der Waals surface area contributed by atoms with E-state index in [1.54, 1.807) is 0 Å². The molecule has 1 aliphatic carbocycles. The van der Waals surface area contributed by atoms with Crippen molar-refractivity contribution in [3.8, 4) is 0 Å². The monoisotopic (exact) mass is 257 g/mol. The van der Waals surface area contributed by atoms with Crippen molar-refractivity contribution >= 4 is 6.09 Å². The first-order valence-corrected chi connectivity index (χ1v) is 6.75. The van der Waals surface area contributed by atoms with Crippen LogP contribution in [0.3, 0.4) is 0 Å². The lowest BCUT2D eigenvalue weighted by molar-refractivity contribution is 0.0520. The van der Waals surface area contributed by atoms with Crippen molar-refractivity contribution in [3.05, 3.63) is 0 Å². The molecule has 0 aromatic rings. The average Bonchev–Trinajstić information content (AvgIpc) is 3.04. The minimum absolute atomic E-state index is 0.274. The predicted molar refractivity (Wildman–Crippen MR) is 72.4 cm³/mol. The predicted octanol–water partition coefficient (Wildman–Crippen LogP) is 1.23. The van der Waals surface area contributed by atoms with Crippen molar-refractivity contribution < 1.29 is 9.53 Å². The summed E-state index contributed by atoms with van der Waals surface area (Å²) in [6, 6.07) is 0.576. The highest BCUT2D eigenvalue weighted by molar-refractivity contribution is 5.67. The molecular formula is C13H27N3O2. The van der Waals surface area contributed by atoms with E-state index in [-0.39, 0.29) is 12.1 Å². The third-order valence-corrected chi connectivity index (χ3v) is 2.91. The zero-order valence-corrected chi connectivity index (χ0v) is 12.0. The number of carbonyl (C=O) groups excluding carboxylic acids is 1. The van der Waals surface area contributed by atoms with Gasteiger partial charge in [-0.3, -0.25) is 0 Å². The molecule has 0 aromatic carbocycles. The molecular weight excluding hydrogens is 230 g/mol. The van der Waals surface area contributed by atoms with Gasteiger partial charge in [-0.2, -0.15) is 0 Å². The summed E-state index contributed by atoms with van der Waals surface area (Å²) in [4.78, 5) is 11.6. The van der Waals surface area contributed by atoms with Crippen LogP contribution in [0.5, 0.6) is 0 Å². The van der Waals surface area contributed by atoms with Crippen molar-refractivity contribution in [2.75, 3.05) is 13.1 Å². The van der Waals surface area contributed by atoms with Gasteiger partial charge in [-0.15, -0.1) is 0 Å². The van der Waals surface area contributed by atoms with Crippen LogP contribution in [0.2, 0.25) is 0 Å². The summed E-state index contributed by atoms with van der Waals surface area (Å²) in [6.07, 6.45) is 2.10. The molecule has 1 rings (SSSR count). The van der Waals surface area contributed by atoms with Crippen molar-refractivity contribution in [3.63, 3.8) is 0 Å². The van der Waals surface area contributed by atoms with Crippen LogP contribution in [0, 0.1) is 5.92 Å². The Hall–Kier alpha value is -0.810. The highest BCUT2D eigenvalue weighted by atomic mass is 16.6. The molecule has 1 saturated carbocycles. The quantitative estimate of drug-likeness (QED) is 0.669. The molecule has 0 spiro atoms. The number of carbonyl (C=O) groups is 1. The molecule has 0 heterocycles. The second-order valence-electron chi connectivity index (χ2n) is 6.13. The Bertz CT molecular complexity index is 272. The van der Waals surface area contributed by atoms with Crippen molar-refractivity contribution in [1.82, 2.24) is 10.6 Å². The van der Waals surface area contributed by atoms with Gasteiger partial charge < -0.3 is 21.1 Å². The number of nitrogens with one attached hydrogen (secondary N) is 2. The molecule has 0 saturated heterocycles. The maximum atomic E-state index is 11.6. The van der Waals surface area contributed by atoms with Gasteiger partial charge in [0.15, 0.2) is 0 Å². The fraction of sp³-hybridized carbons (Fsp3) is 0.923. The van der Waals surface area contributed by atoms with Crippen LogP contribution in [0.4, 0.5) is 4.79 Å². The van der Waals surface area contributed by atoms with Crippen molar-refractivity contribution in [2.24, 2.45) is 11.7 Å². The normalized spacial score (nSPS) is 19.2. The lowest BCUT2D eigenvalue weighted by Gasteiger charge is -2.24. The van der Waals surface area contributed by atoms with E-state index in [0.717, 1.165) is 0 Å². The van der Waals surface area contributed by atoms with Crippen LogP contribution in [0.25, 0.3) is 0 Å². The second kappa shape index (κ2) is 6.38. The molecule has 0 aliphatic heterocycles. The highest BCUT2D eigenvalue weighted by Crippen LogP contribution is 2.32. The Morgan fingerprint density at radius 2 is 2.06 bits per heavy atom. The van der Waals surface area contributed by atoms with E-state index >= 15 is 0 Å². The molecule has 18 heavy (non-hydrogen) atoms. The van der Waals surface area contributed by atoms with E-state index < -0.39 is 5.60 Å². The van der Waals surface area contributed by atoms with Crippen LogP contribution < -0.4 is 16.4 Å². The summed E-state index contributed by atoms with van der Waals surface area (Å²) in [5, 5.41) is 6.28. The van der Waals surface area contributed by atoms with Gasteiger partial charge >= 0.3 is 6.09 Å². The molecule has 0 aromatic heterocycles. The van der Waals surface area contributed by atoms with E-state index in [1.807, 2.05) is 20.8 Å². The maximum absolute atomic E-state index is 11.6. The van der Waals surface area contributed by atoms with Gasteiger partial charge in [0, 0.05) is 25.2 Å². The first-order chi connectivity index (χ1) is 8.31. The molecule has 0 bridgehead atoms. The summed E-state index contributed by atoms with van der Waals surface area (Å²) in [7, 11) is 0. The molecule has 5 heteroatoms. The first kappa shape index (κ1) is 15.2. The van der Waals surface area contributed by atoms with E-state index in [9.17, 15) is 4.79 Å². The van der Waals surface area contributed by atoms with Crippen LogP contribution in [0.15, 0.2) is 0 Å². The van der Waals surface area contributed by atoms with E-state index in [1.165, 1.54) is 12.8 Å². The van der Waals surface area contributed by atoms with Gasteiger partial charge in [0.25, 0.3) is 0 Å². The first-order valence-electron chi connectivity index (χ1n) is 6.75. The number of nitrogens with two attached hydrogens (primary N) is 1. The number of amides is 1. The fourth-order valence-electron chi connectivity index (χ4n) is 1.80. The van der Waals surface area contributed by atoms with Crippen LogP contribution >= 0.6 is 0 Å². The summed E-state index contributed by atoms with van der Waals surface area (Å²) in [5.74, 6) is 0.661. The Kier molecular flexibility index (Phi) is 5.41. The molecule has 1 aliphatic rings. The SMILES string of the molecule is CC(CN)NC(CNC(=O)OC(C)(C)C)C1CC1.